The van der Waals surface area contributed by atoms with Crippen molar-refractivity contribution in [3.8, 4) is 0 Å². The van der Waals surface area contributed by atoms with E-state index in [9.17, 15) is 13.6 Å². The Labute approximate surface area is 117 Å². The number of carbonyl (C=O) groups is 1. The van der Waals surface area contributed by atoms with Crippen LogP contribution in [0, 0.1) is 18.6 Å². The molecule has 0 bridgehead atoms. The Hall–Kier alpha value is -1.75. The summed E-state index contributed by atoms with van der Waals surface area (Å²) in [6.45, 7) is 1.85. The molecule has 2 aromatic carbocycles. The summed E-state index contributed by atoms with van der Waals surface area (Å²) in [5.41, 5.74) is 1.25. The molecule has 0 aromatic heterocycles. The minimum Gasteiger partial charge on any atom is -0.319 e. The lowest BCUT2D eigenvalue weighted by atomic mass is 10.1. The average molecular weight is 326 g/mol. The van der Waals surface area contributed by atoms with Gasteiger partial charge >= 0.3 is 0 Å². The molecule has 0 aliphatic carbocycles. The molecule has 0 radical (unpaired) electrons. The lowest BCUT2D eigenvalue weighted by Gasteiger charge is -2.07. The van der Waals surface area contributed by atoms with Crippen molar-refractivity contribution in [2.45, 2.75) is 6.92 Å². The van der Waals surface area contributed by atoms with Gasteiger partial charge in [0.25, 0.3) is 5.91 Å². The van der Waals surface area contributed by atoms with Gasteiger partial charge in [-0.25, -0.2) is 8.78 Å². The number of hydrogen-bond donors (Lipinski definition) is 1. The van der Waals surface area contributed by atoms with Crippen molar-refractivity contribution >= 4 is 27.5 Å². The maximum atomic E-state index is 13.4. The molecule has 1 N–H and O–H groups in total. The molecule has 19 heavy (non-hydrogen) atoms. The highest BCUT2D eigenvalue weighted by Crippen LogP contribution is 2.19. The Morgan fingerprint density at radius 3 is 2.53 bits per heavy atom. The van der Waals surface area contributed by atoms with E-state index in [0.717, 1.165) is 22.2 Å². The monoisotopic (exact) mass is 325 g/mol. The second-order valence-corrected chi connectivity index (χ2v) is 5.01. The van der Waals surface area contributed by atoms with E-state index in [2.05, 4.69) is 21.2 Å². The van der Waals surface area contributed by atoms with E-state index in [0.29, 0.717) is 5.56 Å². The Balaban J connectivity index is 2.25. The van der Waals surface area contributed by atoms with Crippen LogP contribution in [-0.2, 0) is 0 Å². The van der Waals surface area contributed by atoms with Gasteiger partial charge in [0.1, 0.15) is 11.6 Å². The number of aryl methyl sites for hydroxylation is 1. The zero-order chi connectivity index (χ0) is 14.0. The van der Waals surface area contributed by atoms with Crippen LogP contribution >= 0.6 is 15.9 Å². The first-order valence-corrected chi connectivity index (χ1v) is 6.28. The molecule has 0 aliphatic rings. The van der Waals surface area contributed by atoms with Crippen molar-refractivity contribution in [1.29, 1.82) is 0 Å². The van der Waals surface area contributed by atoms with Crippen LogP contribution in [0.5, 0.6) is 0 Å². The highest BCUT2D eigenvalue weighted by molar-refractivity contribution is 9.10. The number of halogens is 3. The predicted octanol–water partition coefficient (Wildman–Crippen LogP) is 4.29. The van der Waals surface area contributed by atoms with Gasteiger partial charge in [-0.1, -0.05) is 15.9 Å². The van der Waals surface area contributed by atoms with E-state index >= 15 is 0 Å². The number of rotatable bonds is 2. The molecule has 0 saturated heterocycles. The Bertz CT molecular complexity index is 623. The Morgan fingerprint density at radius 1 is 1.16 bits per heavy atom. The van der Waals surface area contributed by atoms with Crippen molar-refractivity contribution in [2.75, 3.05) is 5.32 Å². The standard InChI is InChI=1S/C14H10BrF2NO/c1-8-4-9(6-10(15)5-8)14(19)18-13-3-2-11(16)7-12(13)17/h2-7H,1H3,(H,18,19). The lowest BCUT2D eigenvalue weighted by molar-refractivity contribution is 0.102. The number of benzene rings is 2. The van der Waals surface area contributed by atoms with Gasteiger partial charge in [-0.3, -0.25) is 4.79 Å². The highest BCUT2D eigenvalue weighted by Gasteiger charge is 2.11. The van der Waals surface area contributed by atoms with E-state index in [1.54, 1.807) is 12.1 Å². The molecule has 0 saturated carbocycles. The Morgan fingerprint density at radius 2 is 1.89 bits per heavy atom. The largest absolute Gasteiger partial charge is 0.319 e. The third kappa shape index (κ3) is 3.38. The fourth-order valence-electron chi connectivity index (χ4n) is 1.65. The summed E-state index contributed by atoms with van der Waals surface area (Å²) < 4.78 is 26.9. The summed E-state index contributed by atoms with van der Waals surface area (Å²) in [4.78, 5) is 12.0. The van der Waals surface area contributed by atoms with Crippen LogP contribution in [0.3, 0.4) is 0 Å². The molecule has 2 aromatic rings. The first kappa shape index (κ1) is 13.7. The fourth-order valence-corrected chi connectivity index (χ4v) is 2.26. The first-order chi connectivity index (χ1) is 8.95. The van der Waals surface area contributed by atoms with Gasteiger partial charge in [-0.15, -0.1) is 0 Å². The second-order valence-electron chi connectivity index (χ2n) is 4.10. The zero-order valence-corrected chi connectivity index (χ0v) is 11.6. The summed E-state index contributed by atoms with van der Waals surface area (Å²) >= 11 is 3.29. The molecule has 0 unspecified atom stereocenters. The number of hydrogen-bond acceptors (Lipinski definition) is 1. The summed E-state index contributed by atoms with van der Waals surface area (Å²) in [6.07, 6.45) is 0. The van der Waals surface area contributed by atoms with E-state index in [4.69, 9.17) is 0 Å². The number of nitrogens with one attached hydrogen (secondary N) is 1. The molecule has 1 amide bonds. The zero-order valence-electron chi connectivity index (χ0n) is 10.0. The molecule has 2 rings (SSSR count). The quantitative estimate of drug-likeness (QED) is 0.876. The van der Waals surface area contributed by atoms with Gasteiger partial charge in [-0.05, 0) is 42.8 Å². The van der Waals surface area contributed by atoms with Gasteiger partial charge < -0.3 is 5.32 Å². The molecule has 0 atom stereocenters. The van der Waals surface area contributed by atoms with Crippen LogP contribution in [0.1, 0.15) is 15.9 Å². The number of anilines is 1. The third-order valence-corrected chi connectivity index (χ3v) is 2.94. The minimum absolute atomic E-state index is 0.0518. The van der Waals surface area contributed by atoms with Crippen molar-refractivity contribution in [1.82, 2.24) is 0 Å². The lowest BCUT2D eigenvalue weighted by Crippen LogP contribution is -2.13. The smallest absolute Gasteiger partial charge is 0.255 e. The van der Waals surface area contributed by atoms with Gasteiger partial charge in [0.05, 0.1) is 5.69 Å². The fraction of sp³-hybridized carbons (Fsp3) is 0.0714. The van der Waals surface area contributed by atoms with Crippen molar-refractivity contribution in [2.24, 2.45) is 0 Å². The molecular formula is C14H10BrF2NO. The topological polar surface area (TPSA) is 29.1 Å². The summed E-state index contributed by atoms with van der Waals surface area (Å²) in [6, 6.07) is 8.17. The van der Waals surface area contributed by atoms with Gasteiger partial charge in [0.2, 0.25) is 0 Å². The van der Waals surface area contributed by atoms with Crippen molar-refractivity contribution in [3.63, 3.8) is 0 Å². The normalized spacial score (nSPS) is 10.3. The van der Waals surface area contributed by atoms with Crippen LogP contribution in [0.4, 0.5) is 14.5 Å². The SMILES string of the molecule is Cc1cc(Br)cc(C(=O)Nc2ccc(F)cc2F)c1. The van der Waals surface area contributed by atoms with Crippen LogP contribution in [0.25, 0.3) is 0 Å². The van der Waals surface area contributed by atoms with Gasteiger partial charge in [0, 0.05) is 16.1 Å². The predicted molar refractivity (Wildman–Crippen MR) is 73.2 cm³/mol. The molecule has 0 aliphatic heterocycles. The molecule has 2 nitrogen and oxygen atoms in total. The summed E-state index contributed by atoms with van der Waals surface area (Å²) in [5, 5.41) is 2.41. The second kappa shape index (κ2) is 5.48. The maximum Gasteiger partial charge on any atom is 0.255 e. The highest BCUT2D eigenvalue weighted by atomic mass is 79.9. The molecule has 5 heteroatoms. The van der Waals surface area contributed by atoms with Gasteiger partial charge in [0.15, 0.2) is 0 Å². The third-order valence-electron chi connectivity index (χ3n) is 2.48. The van der Waals surface area contributed by atoms with Crippen molar-refractivity contribution in [3.05, 3.63) is 63.6 Å². The van der Waals surface area contributed by atoms with Crippen LogP contribution in [0.2, 0.25) is 0 Å². The van der Waals surface area contributed by atoms with Gasteiger partial charge in [-0.2, -0.15) is 0 Å². The average Bonchev–Trinajstić information content (AvgIpc) is 2.31. The maximum absolute atomic E-state index is 13.4. The molecular weight excluding hydrogens is 316 g/mol. The van der Waals surface area contributed by atoms with E-state index in [1.807, 2.05) is 13.0 Å². The number of carbonyl (C=O) groups excluding carboxylic acids is 1. The molecule has 0 fully saturated rings. The van der Waals surface area contributed by atoms with E-state index in [1.165, 1.54) is 6.07 Å². The van der Waals surface area contributed by atoms with Crippen LogP contribution < -0.4 is 5.32 Å². The van der Waals surface area contributed by atoms with Crippen LogP contribution in [-0.4, -0.2) is 5.91 Å². The molecule has 98 valence electrons. The summed E-state index contributed by atoms with van der Waals surface area (Å²) in [7, 11) is 0. The van der Waals surface area contributed by atoms with E-state index in [-0.39, 0.29) is 5.69 Å². The van der Waals surface area contributed by atoms with E-state index < -0.39 is 17.5 Å². The summed E-state index contributed by atoms with van der Waals surface area (Å²) in [5.74, 6) is -1.94. The first-order valence-electron chi connectivity index (χ1n) is 5.49. The van der Waals surface area contributed by atoms with Crippen LogP contribution in [0.15, 0.2) is 40.9 Å². The number of amides is 1. The molecule has 0 heterocycles. The Kier molecular flexibility index (Phi) is 3.95. The molecule has 0 spiro atoms. The van der Waals surface area contributed by atoms with Crippen molar-refractivity contribution < 1.29 is 13.6 Å². The minimum atomic E-state index is -0.805.